The Hall–Kier alpha value is -3.61. The Labute approximate surface area is 241 Å². The first-order valence-corrected chi connectivity index (χ1v) is 15.4. The predicted octanol–water partition coefficient (Wildman–Crippen LogP) is 8.73. The van der Waals surface area contributed by atoms with Gasteiger partial charge in [-0.2, -0.15) is 0 Å². The Kier molecular flexibility index (Phi) is 7.76. The number of aliphatic imine (C=N–C) groups is 1. The second-order valence-corrected chi connectivity index (χ2v) is 14.7. The number of rotatable bonds is 5. The SMILES string of the molecule is CC(=Nc1cc(C(C)(C)C)cc(C(C)(C)C)c1)c1ccc2cccc(P(c3ccccc3)c3ccccc3)c2n1. The lowest BCUT2D eigenvalue weighted by atomic mass is 9.80. The second kappa shape index (κ2) is 11.1. The van der Waals surface area contributed by atoms with Crippen LogP contribution in [-0.2, 0) is 10.8 Å². The van der Waals surface area contributed by atoms with E-state index in [0.717, 1.165) is 28.0 Å². The fourth-order valence-corrected chi connectivity index (χ4v) is 7.31. The normalized spacial score (nSPS) is 12.8. The molecule has 4 aromatic carbocycles. The Morgan fingerprint density at radius 3 is 1.70 bits per heavy atom. The van der Waals surface area contributed by atoms with Gasteiger partial charge in [0.15, 0.2) is 0 Å². The van der Waals surface area contributed by atoms with Gasteiger partial charge in [-0.15, -0.1) is 0 Å². The Morgan fingerprint density at radius 1 is 0.625 bits per heavy atom. The van der Waals surface area contributed by atoms with E-state index in [0.29, 0.717) is 0 Å². The van der Waals surface area contributed by atoms with Gasteiger partial charge in [-0.25, -0.2) is 4.98 Å². The number of aromatic nitrogens is 1. The summed E-state index contributed by atoms with van der Waals surface area (Å²) in [6.45, 7) is 15.7. The zero-order chi connectivity index (χ0) is 28.5. The van der Waals surface area contributed by atoms with Crippen LogP contribution >= 0.6 is 7.92 Å². The number of benzene rings is 4. The van der Waals surface area contributed by atoms with Crippen molar-refractivity contribution < 1.29 is 0 Å². The monoisotopic (exact) mass is 542 g/mol. The van der Waals surface area contributed by atoms with E-state index in [1.165, 1.54) is 27.0 Å². The number of para-hydroxylation sites is 1. The van der Waals surface area contributed by atoms with Crippen LogP contribution in [0.4, 0.5) is 5.69 Å². The summed E-state index contributed by atoms with van der Waals surface area (Å²) in [6, 6.07) is 39.3. The molecule has 5 rings (SSSR count). The van der Waals surface area contributed by atoms with Crippen LogP contribution in [0.3, 0.4) is 0 Å². The number of nitrogens with zero attached hydrogens (tertiary/aromatic N) is 2. The van der Waals surface area contributed by atoms with E-state index in [-0.39, 0.29) is 10.8 Å². The van der Waals surface area contributed by atoms with Gasteiger partial charge in [0, 0.05) is 10.7 Å². The number of fused-ring (bicyclic) bond motifs is 1. The molecule has 0 saturated heterocycles. The van der Waals surface area contributed by atoms with Gasteiger partial charge in [0.1, 0.15) is 0 Å². The number of hydrogen-bond acceptors (Lipinski definition) is 2. The molecule has 0 unspecified atom stereocenters. The molecule has 0 saturated carbocycles. The molecule has 0 bridgehead atoms. The number of hydrogen-bond donors (Lipinski definition) is 0. The summed E-state index contributed by atoms with van der Waals surface area (Å²) in [5, 5.41) is 5.06. The predicted molar refractivity (Wildman–Crippen MR) is 176 cm³/mol. The molecule has 0 atom stereocenters. The van der Waals surface area contributed by atoms with Crippen molar-refractivity contribution in [2.45, 2.75) is 59.3 Å². The van der Waals surface area contributed by atoms with Crippen molar-refractivity contribution in [2.75, 3.05) is 0 Å². The van der Waals surface area contributed by atoms with Crippen molar-refractivity contribution in [2.24, 2.45) is 4.99 Å². The third-order valence-corrected chi connectivity index (χ3v) is 9.76. The molecular weight excluding hydrogens is 503 g/mol. The van der Waals surface area contributed by atoms with E-state index >= 15 is 0 Å². The van der Waals surface area contributed by atoms with Gasteiger partial charge in [-0.3, -0.25) is 4.99 Å². The lowest BCUT2D eigenvalue weighted by Gasteiger charge is -2.25. The van der Waals surface area contributed by atoms with Gasteiger partial charge in [-0.05, 0) is 65.6 Å². The topological polar surface area (TPSA) is 25.2 Å². The Balaban J connectivity index is 1.64. The van der Waals surface area contributed by atoms with Crippen molar-refractivity contribution in [1.29, 1.82) is 0 Å². The smallest absolute Gasteiger partial charge is 0.0849 e. The summed E-state index contributed by atoms with van der Waals surface area (Å²) in [6.07, 6.45) is 0. The maximum atomic E-state index is 5.27. The molecule has 1 aromatic heterocycles. The van der Waals surface area contributed by atoms with Crippen molar-refractivity contribution in [3.63, 3.8) is 0 Å². The molecule has 40 heavy (non-hydrogen) atoms. The summed E-state index contributed by atoms with van der Waals surface area (Å²) in [5.74, 6) is 0. The lowest BCUT2D eigenvalue weighted by molar-refractivity contribution is 0.569. The highest BCUT2D eigenvalue weighted by atomic mass is 31.1. The molecule has 0 fully saturated rings. The summed E-state index contributed by atoms with van der Waals surface area (Å²) in [7, 11) is -0.763. The first-order chi connectivity index (χ1) is 19.0. The van der Waals surface area contributed by atoms with Crippen LogP contribution in [0.15, 0.2) is 114 Å². The first-order valence-electron chi connectivity index (χ1n) is 14.0. The standard InChI is InChI=1S/C37H39N2P/c1-26(38-30-24-28(36(2,3)4)23-29(25-30)37(5,6)7)33-22-21-27-15-14-20-34(35(27)39-33)40(31-16-10-8-11-17-31)32-18-12-9-13-19-32/h8-25H,1-7H3. The maximum Gasteiger partial charge on any atom is 0.0849 e. The summed E-state index contributed by atoms with van der Waals surface area (Å²) >= 11 is 0. The molecule has 0 radical (unpaired) electrons. The first kappa shape index (κ1) is 27.9. The zero-order valence-corrected chi connectivity index (χ0v) is 25.6. The van der Waals surface area contributed by atoms with Gasteiger partial charge in [0.25, 0.3) is 0 Å². The Morgan fingerprint density at radius 2 is 1.18 bits per heavy atom. The average Bonchev–Trinajstić information content (AvgIpc) is 2.93. The third kappa shape index (κ3) is 6.08. The van der Waals surface area contributed by atoms with Crippen LogP contribution in [-0.4, -0.2) is 10.7 Å². The molecule has 0 N–H and O–H groups in total. The van der Waals surface area contributed by atoms with Crippen molar-refractivity contribution in [3.05, 3.63) is 126 Å². The molecule has 2 nitrogen and oxygen atoms in total. The summed E-state index contributed by atoms with van der Waals surface area (Å²) in [4.78, 5) is 10.4. The molecule has 0 amide bonds. The minimum atomic E-state index is -0.763. The molecular formula is C37H39N2P. The van der Waals surface area contributed by atoms with E-state index < -0.39 is 7.92 Å². The largest absolute Gasteiger partial charge is 0.251 e. The minimum absolute atomic E-state index is 0.0432. The third-order valence-electron chi connectivity index (χ3n) is 7.29. The summed E-state index contributed by atoms with van der Waals surface area (Å²) in [5.41, 5.74) is 6.56. The highest BCUT2D eigenvalue weighted by Crippen LogP contribution is 2.36. The minimum Gasteiger partial charge on any atom is -0.251 e. The van der Waals surface area contributed by atoms with Crippen LogP contribution in [0.2, 0.25) is 0 Å². The highest BCUT2D eigenvalue weighted by molar-refractivity contribution is 7.80. The quantitative estimate of drug-likeness (QED) is 0.161. The van der Waals surface area contributed by atoms with Gasteiger partial charge in [-0.1, -0.05) is 133 Å². The van der Waals surface area contributed by atoms with Gasteiger partial charge in [0.05, 0.1) is 22.6 Å². The van der Waals surface area contributed by atoms with Crippen LogP contribution in [0, 0.1) is 0 Å². The van der Waals surface area contributed by atoms with E-state index in [9.17, 15) is 0 Å². The van der Waals surface area contributed by atoms with E-state index in [1.54, 1.807) is 0 Å². The van der Waals surface area contributed by atoms with Crippen LogP contribution in [0.1, 0.15) is 65.3 Å². The Bertz CT molecular complexity index is 1580. The van der Waals surface area contributed by atoms with Gasteiger partial charge < -0.3 is 0 Å². The molecule has 0 aliphatic rings. The van der Waals surface area contributed by atoms with Crippen LogP contribution in [0.25, 0.3) is 10.9 Å². The van der Waals surface area contributed by atoms with Crippen molar-refractivity contribution >= 4 is 46.1 Å². The van der Waals surface area contributed by atoms with Crippen molar-refractivity contribution in [3.8, 4) is 0 Å². The van der Waals surface area contributed by atoms with Crippen LogP contribution in [0.5, 0.6) is 0 Å². The molecule has 1 heterocycles. The van der Waals surface area contributed by atoms with Crippen LogP contribution < -0.4 is 15.9 Å². The maximum absolute atomic E-state index is 5.27. The highest BCUT2D eigenvalue weighted by Gasteiger charge is 2.22. The van der Waals surface area contributed by atoms with E-state index in [4.69, 9.17) is 9.98 Å². The fourth-order valence-electron chi connectivity index (χ4n) is 4.89. The van der Waals surface area contributed by atoms with E-state index in [2.05, 4.69) is 158 Å². The number of pyridine rings is 1. The molecule has 5 aromatic rings. The molecule has 0 spiro atoms. The van der Waals surface area contributed by atoms with Gasteiger partial charge >= 0.3 is 0 Å². The average molecular weight is 543 g/mol. The van der Waals surface area contributed by atoms with E-state index in [1.807, 2.05) is 0 Å². The zero-order valence-electron chi connectivity index (χ0n) is 24.7. The van der Waals surface area contributed by atoms with Gasteiger partial charge in [0.2, 0.25) is 0 Å². The molecule has 0 aliphatic carbocycles. The second-order valence-electron chi connectivity index (χ2n) is 12.5. The lowest BCUT2D eigenvalue weighted by Crippen LogP contribution is -2.22. The summed E-state index contributed by atoms with van der Waals surface area (Å²) < 4.78 is 0. The molecule has 0 aliphatic heterocycles. The molecule has 202 valence electrons. The fraction of sp³-hybridized carbons (Fsp3) is 0.243. The molecule has 3 heteroatoms. The van der Waals surface area contributed by atoms with Crippen molar-refractivity contribution in [1.82, 2.24) is 4.98 Å².